The van der Waals surface area contributed by atoms with E-state index in [-0.39, 0.29) is 35.7 Å². The van der Waals surface area contributed by atoms with Gasteiger partial charge in [0.25, 0.3) is 5.56 Å². The second kappa shape index (κ2) is 8.88. The first-order chi connectivity index (χ1) is 16.2. The highest BCUT2D eigenvalue weighted by atomic mass is 35.5. The molecule has 1 aromatic carbocycles. The fourth-order valence-electron chi connectivity index (χ4n) is 4.74. The van der Waals surface area contributed by atoms with Gasteiger partial charge in [0.15, 0.2) is 5.65 Å². The molecule has 1 saturated carbocycles. The highest BCUT2D eigenvalue weighted by molar-refractivity contribution is 6.33. The van der Waals surface area contributed by atoms with Crippen LogP contribution in [0.15, 0.2) is 35.4 Å². The molecule has 0 bridgehead atoms. The van der Waals surface area contributed by atoms with E-state index in [2.05, 4.69) is 20.3 Å². The van der Waals surface area contributed by atoms with Crippen LogP contribution in [-0.4, -0.2) is 44.2 Å². The molecule has 2 fully saturated rings. The van der Waals surface area contributed by atoms with E-state index >= 15 is 0 Å². The second-order valence-electron chi connectivity index (χ2n) is 8.67. The molecule has 7 nitrogen and oxygen atoms in total. The molecule has 12 heteroatoms. The highest BCUT2D eigenvalue weighted by Crippen LogP contribution is 2.40. The summed E-state index contributed by atoms with van der Waals surface area (Å²) in [5.74, 6) is -1.35. The molecule has 5 rings (SSSR count). The lowest BCUT2D eigenvalue weighted by molar-refractivity contribution is -0.167. The lowest BCUT2D eigenvalue weighted by atomic mass is 10.1. The van der Waals surface area contributed by atoms with Crippen LogP contribution in [0.3, 0.4) is 0 Å². The number of hydrogen-bond donors (Lipinski definition) is 1. The van der Waals surface area contributed by atoms with Gasteiger partial charge in [0.2, 0.25) is 5.95 Å². The number of alkyl halides is 4. The molecule has 0 spiro atoms. The molecule has 1 aliphatic heterocycles. The Morgan fingerprint density at radius 2 is 1.85 bits per heavy atom. The van der Waals surface area contributed by atoms with Gasteiger partial charge in [-0.1, -0.05) is 24.4 Å². The van der Waals surface area contributed by atoms with E-state index in [1.165, 1.54) is 6.20 Å². The van der Waals surface area contributed by atoms with Gasteiger partial charge < -0.3 is 10.2 Å². The van der Waals surface area contributed by atoms with Gasteiger partial charge in [0.1, 0.15) is 5.52 Å². The molecular formula is C22H21Cl2F3N6O. The van der Waals surface area contributed by atoms with Crippen LogP contribution >= 0.6 is 23.2 Å². The first kappa shape index (κ1) is 23.2. The van der Waals surface area contributed by atoms with Crippen LogP contribution in [0.2, 0.25) is 5.02 Å². The van der Waals surface area contributed by atoms with Gasteiger partial charge >= 0.3 is 6.18 Å². The number of rotatable bonds is 4. The monoisotopic (exact) mass is 512 g/mol. The molecule has 1 saturated heterocycles. The summed E-state index contributed by atoms with van der Waals surface area (Å²) in [7, 11) is 0. The molecule has 1 N–H and O–H groups in total. The smallest absolute Gasteiger partial charge is 0.368 e. The molecule has 3 heterocycles. The zero-order valence-electron chi connectivity index (χ0n) is 17.9. The first-order valence-corrected chi connectivity index (χ1v) is 11.8. The molecule has 2 aliphatic rings. The van der Waals surface area contributed by atoms with Crippen LogP contribution in [0.1, 0.15) is 31.7 Å². The summed E-state index contributed by atoms with van der Waals surface area (Å²) >= 11 is 12.4. The third-order valence-corrected chi connectivity index (χ3v) is 7.18. The van der Waals surface area contributed by atoms with E-state index in [0.29, 0.717) is 22.5 Å². The van der Waals surface area contributed by atoms with E-state index in [1.54, 1.807) is 33.9 Å². The Morgan fingerprint density at radius 1 is 1.09 bits per heavy atom. The predicted molar refractivity (Wildman–Crippen MR) is 125 cm³/mol. The lowest BCUT2D eigenvalue weighted by Crippen LogP contribution is -2.30. The van der Waals surface area contributed by atoms with E-state index in [9.17, 15) is 18.0 Å². The molecule has 2 aromatic heterocycles. The second-order valence-corrected chi connectivity index (χ2v) is 9.64. The molecule has 2 atom stereocenters. The molecule has 180 valence electrons. The number of aromatic nitrogens is 4. The van der Waals surface area contributed by atoms with Crippen molar-refractivity contribution >= 4 is 51.7 Å². The van der Waals surface area contributed by atoms with Crippen molar-refractivity contribution in [2.45, 2.75) is 43.3 Å². The summed E-state index contributed by atoms with van der Waals surface area (Å²) in [5.41, 5.74) is 1.82. The van der Waals surface area contributed by atoms with Crippen LogP contribution in [0.5, 0.6) is 0 Å². The minimum absolute atomic E-state index is 0.0533. The summed E-state index contributed by atoms with van der Waals surface area (Å²) in [4.78, 5) is 27.0. The van der Waals surface area contributed by atoms with E-state index in [0.717, 1.165) is 25.7 Å². The highest BCUT2D eigenvalue weighted by Gasteiger charge is 2.49. The summed E-state index contributed by atoms with van der Waals surface area (Å²) in [6.07, 6.45) is 2.43. The maximum absolute atomic E-state index is 13.2. The van der Waals surface area contributed by atoms with Crippen molar-refractivity contribution < 1.29 is 13.2 Å². The standard InChI is InChI=1S/C22H21Cl2F3N6O/c23-15-7-12(5-6-18(15)32-10-14(16(24)11-32)22(25,26)27)30-21-29-8-17-20(31-21)33(19(34)9-28-17)13-3-1-2-4-13/h5-9,13-14,16H,1-4,10-11H2,(H,29,30,31). The molecule has 34 heavy (non-hydrogen) atoms. The van der Waals surface area contributed by atoms with Gasteiger partial charge in [0, 0.05) is 24.8 Å². The number of nitrogens with zero attached hydrogens (tertiary/aromatic N) is 5. The maximum Gasteiger partial charge on any atom is 0.394 e. The SMILES string of the molecule is O=c1cnc2cnc(Nc3ccc(N4CC(Cl)C(C(F)(F)F)C4)c(Cl)c3)nc2n1C1CCCC1. The Bertz CT molecular complexity index is 1280. The fraction of sp³-hybridized carbons (Fsp3) is 0.455. The minimum atomic E-state index is -4.36. The van der Waals surface area contributed by atoms with Crippen LogP contribution in [-0.2, 0) is 0 Å². The minimum Gasteiger partial charge on any atom is -0.368 e. The molecule has 3 aromatic rings. The van der Waals surface area contributed by atoms with Crippen molar-refractivity contribution in [3.8, 4) is 0 Å². The van der Waals surface area contributed by atoms with Gasteiger partial charge in [-0.05, 0) is 31.0 Å². The van der Waals surface area contributed by atoms with Crippen molar-refractivity contribution in [1.29, 1.82) is 0 Å². The lowest BCUT2D eigenvalue weighted by Gasteiger charge is -2.21. The van der Waals surface area contributed by atoms with Crippen molar-refractivity contribution in [2.24, 2.45) is 5.92 Å². The number of nitrogens with one attached hydrogen (secondary N) is 1. The first-order valence-electron chi connectivity index (χ1n) is 11.0. The molecule has 0 radical (unpaired) electrons. The number of anilines is 3. The van der Waals surface area contributed by atoms with Crippen LogP contribution in [0.25, 0.3) is 11.2 Å². The van der Waals surface area contributed by atoms with Crippen LogP contribution in [0, 0.1) is 5.92 Å². The van der Waals surface area contributed by atoms with Crippen LogP contribution < -0.4 is 15.8 Å². The Hall–Kier alpha value is -2.59. The van der Waals surface area contributed by atoms with Crippen molar-refractivity contribution in [2.75, 3.05) is 23.3 Å². The Balaban J connectivity index is 1.40. The maximum atomic E-state index is 13.2. The molecule has 1 aliphatic carbocycles. The van der Waals surface area contributed by atoms with Gasteiger partial charge in [-0.2, -0.15) is 18.2 Å². The number of halogens is 5. The largest absolute Gasteiger partial charge is 0.394 e. The quantitative estimate of drug-likeness (QED) is 0.477. The number of benzene rings is 1. The van der Waals surface area contributed by atoms with Crippen molar-refractivity contribution in [3.63, 3.8) is 0 Å². The van der Waals surface area contributed by atoms with E-state index in [4.69, 9.17) is 23.2 Å². The van der Waals surface area contributed by atoms with Gasteiger partial charge in [-0.3, -0.25) is 9.36 Å². The van der Waals surface area contributed by atoms with Crippen LogP contribution in [0.4, 0.5) is 30.5 Å². The molecule has 2 unspecified atom stereocenters. The fourth-order valence-corrected chi connectivity index (χ4v) is 5.43. The Labute approximate surface area is 202 Å². The molecule has 0 amide bonds. The summed E-state index contributed by atoms with van der Waals surface area (Å²) in [6, 6.07) is 5.01. The predicted octanol–water partition coefficient (Wildman–Crippen LogP) is 5.30. The summed E-state index contributed by atoms with van der Waals surface area (Å²) in [5, 5.41) is 2.30. The van der Waals surface area contributed by atoms with Gasteiger partial charge in [0.05, 0.1) is 34.4 Å². The summed E-state index contributed by atoms with van der Waals surface area (Å²) < 4.78 is 41.2. The third kappa shape index (κ3) is 4.40. The normalized spacial score (nSPS) is 21.5. The van der Waals surface area contributed by atoms with E-state index in [1.807, 2.05) is 0 Å². The zero-order valence-corrected chi connectivity index (χ0v) is 19.4. The Kier molecular flexibility index (Phi) is 6.05. The van der Waals surface area contributed by atoms with Gasteiger partial charge in [-0.15, -0.1) is 11.6 Å². The average molecular weight is 513 g/mol. The van der Waals surface area contributed by atoms with Gasteiger partial charge in [-0.25, -0.2) is 9.97 Å². The molecular weight excluding hydrogens is 492 g/mol. The number of fused-ring (bicyclic) bond motifs is 1. The topological polar surface area (TPSA) is 75.9 Å². The number of hydrogen-bond acceptors (Lipinski definition) is 6. The zero-order chi connectivity index (χ0) is 24.0. The van der Waals surface area contributed by atoms with Crippen molar-refractivity contribution in [1.82, 2.24) is 19.5 Å². The Morgan fingerprint density at radius 3 is 2.53 bits per heavy atom. The summed E-state index contributed by atoms with van der Waals surface area (Å²) in [6.45, 7) is -0.193. The average Bonchev–Trinajstić information content (AvgIpc) is 3.43. The van der Waals surface area contributed by atoms with Crippen molar-refractivity contribution in [3.05, 3.63) is 46.0 Å². The van der Waals surface area contributed by atoms with E-state index < -0.39 is 17.5 Å². The third-order valence-electron chi connectivity index (χ3n) is 6.43.